The van der Waals surface area contributed by atoms with Crippen LogP contribution >= 0.6 is 0 Å². The van der Waals surface area contributed by atoms with E-state index in [1.54, 1.807) is 11.1 Å². The minimum absolute atomic E-state index is 0.0276. The van der Waals surface area contributed by atoms with Gasteiger partial charge in [0.1, 0.15) is 0 Å². The summed E-state index contributed by atoms with van der Waals surface area (Å²) in [5.41, 5.74) is 2.16. The molecule has 29 heavy (non-hydrogen) atoms. The predicted octanol–water partition coefficient (Wildman–Crippen LogP) is 1.50. The molecule has 4 rings (SSSR count). The van der Waals surface area contributed by atoms with Crippen LogP contribution < -0.4 is 5.32 Å². The first-order valence-electron chi connectivity index (χ1n) is 10.4. The van der Waals surface area contributed by atoms with Crippen molar-refractivity contribution in [3.63, 3.8) is 0 Å². The van der Waals surface area contributed by atoms with Crippen molar-refractivity contribution in [1.82, 2.24) is 30.1 Å². The van der Waals surface area contributed by atoms with Crippen LogP contribution in [0.3, 0.4) is 0 Å². The number of aryl methyl sites for hydroxylation is 1. The molecule has 0 atom stereocenters. The zero-order valence-corrected chi connectivity index (χ0v) is 16.9. The second-order valence-corrected chi connectivity index (χ2v) is 7.87. The van der Waals surface area contributed by atoms with E-state index in [0.29, 0.717) is 43.5 Å². The second-order valence-electron chi connectivity index (χ2n) is 7.87. The summed E-state index contributed by atoms with van der Waals surface area (Å²) in [5.74, 6) is -0.0742. The number of amides is 2. The number of nitrogens with one attached hydrogen (secondary N) is 1. The Morgan fingerprint density at radius 2 is 1.76 bits per heavy atom. The largest absolute Gasteiger partial charge is 0.337 e. The summed E-state index contributed by atoms with van der Waals surface area (Å²) >= 11 is 0. The number of carbonyl (C=O) groups excluding carboxylic acids is 2. The molecule has 1 N–H and O–H groups in total. The van der Waals surface area contributed by atoms with E-state index in [2.05, 4.69) is 15.6 Å². The smallest absolute Gasteiger partial charge is 0.276 e. The van der Waals surface area contributed by atoms with Crippen molar-refractivity contribution >= 4 is 11.8 Å². The number of carbonyl (C=O) groups is 2. The summed E-state index contributed by atoms with van der Waals surface area (Å²) in [7, 11) is 0. The van der Waals surface area contributed by atoms with Gasteiger partial charge in [-0.05, 0) is 51.4 Å². The first kappa shape index (κ1) is 19.6. The van der Waals surface area contributed by atoms with Gasteiger partial charge in [0, 0.05) is 31.7 Å². The maximum absolute atomic E-state index is 12.9. The van der Waals surface area contributed by atoms with Crippen molar-refractivity contribution < 1.29 is 9.59 Å². The molecule has 0 aliphatic carbocycles. The lowest BCUT2D eigenvalue weighted by atomic mass is 10.1. The molecule has 0 saturated carbocycles. The van der Waals surface area contributed by atoms with Gasteiger partial charge in [-0.15, -0.1) is 5.10 Å². The van der Waals surface area contributed by atoms with Gasteiger partial charge in [-0.1, -0.05) is 22.9 Å². The van der Waals surface area contributed by atoms with E-state index >= 15 is 0 Å². The van der Waals surface area contributed by atoms with Crippen LogP contribution in [-0.4, -0.2) is 75.9 Å². The van der Waals surface area contributed by atoms with Crippen LogP contribution in [0.25, 0.3) is 0 Å². The lowest BCUT2D eigenvalue weighted by Gasteiger charge is -2.22. The average Bonchev–Trinajstić information content (AvgIpc) is 3.12. The van der Waals surface area contributed by atoms with E-state index in [0.717, 1.165) is 37.9 Å². The molecule has 1 aromatic carbocycles. The number of rotatable bonds is 3. The molecular weight excluding hydrogens is 368 g/mol. The van der Waals surface area contributed by atoms with E-state index in [1.165, 1.54) is 0 Å². The fraction of sp³-hybridized carbons (Fsp3) is 0.524. The van der Waals surface area contributed by atoms with Gasteiger partial charge in [-0.3, -0.25) is 9.59 Å². The number of aromatic nitrogens is 3. The van der Waals surface area contributed by atoms with Gasteiger partial charge < -0.3 is 15.1 Å². The Bertz CT molecular complexity index is 874. The minimum atomic E-state index is -0.102. The highest BCUT2D eigenvalue weighted by molar-refractivity contribution is 5.95. The van der Waals surface area contributed by atoms with E-state index in [9.17, 15) is 9.59 Å². The molecule has 8 heteroatoms. The summed E-state index contributed by atoms with van der Waals surface area (Å²) in [4.78, 5) is 29.4. The number of piperidine rings is 1. The maximum Gasteiger partial charge on any atom is 0.276 e. The first-order chi connectivity index (χ1) is 14.1. The molecule has 0 unspecified atom stereocenters. The van der Waals surface area contributed by atoms with E-state index < -0.39 is 0 Å². The normalized spacial score (nSPS) is 18.5. The van der Waals surface area contributed by atoms with Gasteiger partial charge in [-0.25, -0.2) is 4.68 Å². The molecule has 2 saturated heterocycles. The highest BCUT2D eigenvalue weighted by Crippen LogP contribution is 2.18. The van der Waals surface area contributed by atoms with Crippen molar-refractivity contribution in [1.29, 1.82) is 0 Å². The number of nitrogens with zero attached hydrogens (tertiary/aromatic N) is 5. The summed E-state index contributed by atoms with van der Waals surface area (Å²) in [5, 5.41) is 11.7. The molecule has 0 bridgehead atoms. The van der Waals surface area contributed by atoms with Crippen LogP contribution in [0.2, 0.25) is 0 Å². The van der Waals surface area contributed by atoms with Crippen LogP contribution in [0.4, 0.5) is 0 Å². The van der Waals surface area contributed by atoms with Gasteiger partial charge in [0.05, 0.1) is 12.2 Å². The Morgan fingerprint density at radius 3 is 2.48 bits per heavy atom. The molecule has 2 aliphatic heterocycles. The lowest BCUT2D eigenvalue weighted by molar-refractivity contribution is 0.0715. The van der Waals surface area contributed by atoms with E-state index in [1.807, 2.05) is 40.8 Å². The minimum Gasteiger partial charge on any atom is -0.337 e. The van der Waals surface area contributed by atoms with Gasteiger partial charge in [-0.2, -0.15) is 0 Å². The Morgan fingerprint density at radius 1 is 1.03 bits per heavy atom. The summed E-state index contributed by atoms with van der Waals surface area (Å²) in [6, 6.07) is 7.95. The Kier molecular flexibility index (Phi) is 5.89. The van der Waals surface area contributed by atoms with Gasteiger partial charge in [0.25, 0.3) is 11.8 Å². The summed E-state index contributed by atoms with van der Waals surface area (Å²) in [6.07, 6.45) is 4.53. The molecule has 2 aliphatic rings. The zero-order chi connectivity index (χ0) is 20.2. The molecule has 2 fully saturated rings. The van der Waals surface area contributed by atoms with Crippen LogP contribution in [0.5, 0.6) is 0 Å². The topological polar surface area (TPSA) is 83.4 Å². The van der Waals surface area contributed by atoms with Crippen LogP contribution in [0.15, 0.2) is 30.5 Å². The third-order valence-electron chi connectivity index (χ3n) is 5.75. The second kappa shape index (κ2) is 8.73. The molecule has 0 spiro atoms. The summed E-state index contributed by atoms with van der Waals surface area (Å²) < 4.78 is 1.83. The fourth-order valence-corrected chi connectivity index (χ4v) is 4.07. The lowest BCUT2D eigenvalue weighted by Crippen LogP contribution is -2.37. The van der Waals surface area contributed by atoms with Crippen LogP contribution in [0.1, 0.15) is 51.7 Å². The fourth-order valence-electron chi connectivity index (χ4n) is 4.07. The van der Waals surface area contributed by atoms with Crippen molar-refractivity contribution in [2.45, 2.75) is 32.2 Å². The quantitative estimate of drug-likeness (QED) is 0.850. The van der Waals surface area contributed by atoms with E-state index in [4.69, 9.17) is 0 Å². The van der Waals surface area contributed by atoms with Gasteiger partial charge in [0.15, 0.2) is 5.69 Å². The highest BCUT2D eigenvalue weighted by Gasteiger charge is 2.26. The molecule has 1 aromatic heterocycles. The SMILES string of the molecule is Cc1cccc(C(=O)N2CCCN(C(=O)c3cn(C4CCNCC4)nn3)CC2)c1. The van der Waals surface area contributed by atoms with Crippen molar-refractivity contribution in [2.75, 3.05) is 39.3 Å². The first-order valence-corrected chi connectivity index (χ1v) is 10.4. The molecule has 3 heterocycles. The average molecular weight is 396 g/mol. The molecular formula is C21H28N6O2. The molecule has 154 valence electrons. The zero-order valence-electron chi connectivity index (χ0n) is 16.9. The van der Waals surface area contributed by atoms with Gasteiger partial charge in [0.2, 0.25) is 0 Å². The Hall–Kier alpha value is -2.74. The Balaban J connectivity index is 1.38. The van der Waals surface area contributed by atoms with Crippen molar-refractivity contribution in [3.8, 4) is 0 Å². The maximum atomic E-state index is 12.9. The molecule has 2 aromatic rings. The number of benzene rings is 1. The Labute approximate surface area is 170 Å². The predicted molar refractivity (Wildman–Crippen MR) is 109 cm³/mol. The van der Waals surface area contributed by atoms with Crippen LogP contribution in [0, 0.1) is 6.92 Å². The highest BCUT2D eigenvalue weighted by atomic mass is 16.2. The van der Waals surface area contributed by atoms with Crippen molar-refractivity contribution in [2.24, 2.45) is 0 Å². The number of hydrogen-bond donors (Lipinski definition) is 1. The van der Waals surface area contributed by atoms with Crippen molar-refractivity contribution in [3.05, 3.63) is 47.3 Å². The third-order valence-corrected chi connectivity index (χ3v) is 5.75. The monoisotopic (exact) mass is 396 g/mol. The molecule has 8 nitrogen and oxygen atoms in total. The van der Waals surface area contributed by atoms with Crippen LogP contribution in [-0.2, 0) is 0 Å². The molecule has 0 radical (unpaired) electrons. The van der Waals surface area contributed by atoms with E-state index in [-0.39, 0.29) is 11.8 Å². The van der Waals surface area contributed by atoms with Gasteiger partial charge >= 0.3 is 0 Å². The third kappa shape index (κ3) is 4.48. The molecule has 2 amide bonds. The standard InChI is InChI=1S/C21H28N6O2/c1-16-4-2-5-17(14-16)20(28)25-10-3-11-26(13-12-25)21(29)19-15-27(24-23-19)18-6-8-22-9-7-18/h2,4-5,14-15,18,22H,3,6-13H2,1H3. The number of hydrogen-bond acceptors (Lipinski definition) is 5. The summed E-state index contributed by atoms with van der Waals surface area (Å²) in [6.45, 7) is 6.22.